The first-order valence-electron chi connectivity index (χ1n) is 7.96. The van der Waals surface area contributed by atoms with E-state index >= 15 is 0 Å². The van der Waals surface area contributed by atoms with E-state index in [1.165, 1.54) is 6.20 Å². The quantitative estimate of drug-likeness (QED) is 0.604. The molecule has 0 fully saturated rings. The normalized spacial score (nSPS) is 11.6. The molecular weight excluding hydrogens is 346 g/mol. The third-order valence-electron chi connectivity index (χ3n) is 4.14. The van der Waals surface area contributed by atoms with Crippen LogP contribution in [0.15, 0.2) is 84.1 Å². The molecule has 2 aromatic heterocycles. The second-order valence-electron chi connectivity index (χ2n) is 5.87. The molecule has 0 unspecified atom stereocenters. The molecule has 128 valence electrons. The summed E-state index contributed by atoms with van der Waals surface area (Å²) in [5.74, 6) is 0. The average molecular weight is 361 g/mol. The molecule has 2 N–H and O–H groups in total. The summed E-state index contributed by atoms with van der Waals surface area (Å²) in [5.41, 5.74) is 3.81. The maximum absolute atomic E-state index is 12.0. The molecule has 0 spiro atoms. The number of pyridine rings is 2. The van der Waals surface area contributed by atoms with Gasteiger partial charge in [0.25, 0.3) is 10.0 Å². The summed E-state index contributed by atoms with van der Waals surface area (Å²) in [7, 11) is -3.97. The van der Waals surface area contributed by atoms with Gasteiger partial charge in [-0.25, -0.2) is 18.5 Å². The number of benzene rings is 2. The van der Waals surface area contributed by atoms with Crippen molar-refractivity contribution in [2.24, 2.45) is 5.14 Å². The maximum atomic E-state index is 12.0. The van der Waals surface area contributed by atoms with Crippen LogP contribution in [0.3, 0.4) is 0 Å². The number of primary sulfonamides is 1. The lowest BCUT2D eigenvalue weighted by Crippen LogP contribution is -2.15. The summed E-state index contributed by atoms with van der Waals surface area (Å²) in [6.45, 7) is 0. The predicted molar refractivity (Wildman–Crippen MR) is 102 cm³/mol. The number of rotatable bonds is 3. The Bertz CT molecular complexity index is 1210. The standard InChI is InChI=1S/C20H15N3O2S/c21-26(24,25)20-17(9-5-11-23-20)18-13-16(14-6-2-1-3-7-14)12-15-8-4-10-22-19(15)18/h1-13H,(H2,21,24,25). The molecule has 0 radical (unpaired) electrons. The van der Waals surface area contributed by atoms with Crippen LogP contribution in [0.25, 0.3) is 33.2 Å². The van der Waals surface area contributed by atoms with Crippen molar-refractivity contribution in [2.75, 3.05) is 0 Å². The van der Waals surface area contributed by atoms with Crippen molar-refractivity contribution in [1.82, 2.24) is 9.97 Å². The molecule has 0 amide bonds. The topological polar surface area (TPSA) is 85.9 Å². The van der Waals surface area contributed by atoms with Crippen LogP contribution in [0.5, 0.6) is 0 Å². The van der Waals surface area contributed by atoms with E-state index in [-0.39, 0.29) is 5.03 Å². The fourth-order valence-electron chi connectivity index (χ4n) is 3.02. The maximum Gasteiger partial charge on any atom is 0.256 e. The largest absolute Gasteiger partial charge is 0.256 e. The highest BCUT2D eigenvalue weighted by atomic mass is 32.2. The van der Waals surface area contributed by atoms with Gasteiger partial charge in [-0.1, -0.05) is 36.4 Å². The van der Waals surface area contributed by atoms with Gasteiger partial charge >= 0.3 is 0 Å². The Labute approximate surface area is 151 Å². The molecule has 0 saturated heterocycles. The predicted octanol–water partition coefficient (Wildman–Crippen LogP) is 3.61. The summed E-state index contributed by atoms with van der Waals surface area (Å²) in [4.78, 5) is 8.45. The van der Waals surface area contributed by atoms with Crippen LogP contribution in [0.4, 0.5) is 0 Å². The highest BCUT2D eigenvalue weighted by Gasteiger charge is 2.19. The van der Waals surface area contributed by atoms with Gasteiger partial charge in [0.2, 0.25) is 0 Å². The molecule has 4 aromatic rings. The highest BCUT2D eigenvalue weighted by molar-refractivity contribution is 7.89. The molecule has 0 saturated carbocycles. The van der Waals surface area contributed by atoms with E-state index in [1.807, 2.05) is 54.6 Å². The number of fused-ring (bicyclic) bond motifs is 1. The lowest BCUT2D eigenvalue weighted by molar-refractivity contribution is 0.594. The smallest absolute Gasteiger partial charge is 0.256 e. The zero-order chi connectivity index (χ0) is 18.1. The zero-order valence-corrected chi connectivity index (χ0v) is 14.5. The van der Waals surface area contributed by atoms with Gasteiger partial charge in [0.05, 0.1) is 5.52 Å². The SMILES string of the molecule is NS(=O)(=O)c1ncccc1-c1cc(-c2ccccc2)cc2cccnc12. The van der Waals surface area contributed by atoms with Gasteiger partial charge in [-0.05, 0) is 41.5 Å². The third-order valence-corrected chi connectivity index (χ3v) is 5.01. The lowest BCUT2D eigenvalue weighted by atomic mass is 9.96. The molecule has 0 atom stereocenters. The van der Waals surface area contributed by atoms with E-state index in [1.54, 1.807) is 18.3 Å². The minimum Gasteiger partial charge on any atom is -0.256 e. The number of hydrogen-bond donors (Lipinski definition) is 1. The first-order chi connectivity index (χ1) is 12.5. The Balaban J connectivity index is 2.08. The van der Waals surface area contributed by atoms with E-state index in [2.05, 4.69) is 9.97 Å². The van der Waals surface area contributed by atoms with E-state index in [0.717, 1.165) is 16.5 Å². The lowest BCUT2D eigenvalue weighted by Gasteiger charge is -2.12. The van der Waals surface area contributed by atoms with Crippen LogP contribution in [0, 0.1) is 0 Å². The van der Waals surface area contributed by atoms with Crippen molar-refractivity contribution < 1.29 is 8.42 Å². The summed E-state index contributed by atoms with van der Waals surface area (Å²) in [5, 5.41) is 6.13. The van der Waals surface area contributed by atoms with E-state index in [0.29, 0.717) is 16.6 Å². The fraction of sp³-hybridized carbons (Fsp3) is 0. The molecule has 0 bridgehead atoms. The first-order valence-corrected chi connectivity index (χ1v) is 9.51. The molecule has 0 aliphatic carbocycles. The van der Waals surface area contributed by atoms with E-state index < -0.39 is 10.0 Å². The second-order valence-corrected chi connectivity index (χ2v) is 7.34. The summed E-state index contributed by atoms with van der Waals surface area (Å²) < 4.78 is 24.0. The monoisotopic (exact) mass is 361 g/mol. The van der Waals surface area contributed by atoms with Gasteiger partial charge in [-0.2, -0.15) is 0 Å². The van der Waals surface area contributed by atoms with Crippen LogP contribution in [-0.4, -0.2) is 18.4 Å². The van der Waals surface area contributed by atoms with Gasteiger partial charge in [0, 0.05) is 28.9 Å². The van der Waals surface area contributed by atoms with Crippen LogP contribution < -0.4 is 5.14 Å². The van der Waals surface area contributed by atoms with E-state index in [4.69, 9.17) is 5.14 Å². The van der Waals surface area contributed by atoms with Crippen LogP contribution in [0.1, 0.15) is 0 Å². The third kappa shape index (κ3) is 2.96. The van der Waals surface area contributed by atoms with Gasteiger partial charge in [0.15, 0.2) is 5.03 Å². The minimum absolute atomic E-state index is 0.155. The summed E-state index contributed by atoms with van der Waals surface area (Å²) >= 11 is 0. The molecule has 5 nitrogen and oxygen atoms in total. The molecule has 0 aliphatic rings. The van der Waals surface area contributed by atoms with Crippen LogP contribution >= 0.6 is 0 Å². The Hall–Kier alpha value is -3.09. The Morgan fingerprint density at radius 1 is 0.731 bits per heavy atom. The van der Waals surface area contributed by atoms with Gasteiger partial charge in [-0.15, -0.1) is 0 Å². The van der Waals surface area contributed by atoms with Crippen molar-refractivity contribution in [1.29, 1.82) is 0 Å². The molecule has 0 aliphatic heterocycles. The fourth-order valence-corrected chi connectivity index (χ4v) is 3.71. The van der Waals surface area contributed by atoms with Gasteiger partial charge < -0.3 is 0 Å². The highest BCUT2D eigenvalue weighted by Crippen LogP contribution is 2.35. The second kappa shape index (κ2) is 6.33. The summed E-state index contributed by atoms with van der Waals surface area (Å²) in [6.07, 6.45) is 3.10. The molecule has 2 heterocycles. The van der Waals surface area contributed by atoms with Crippen molar-refractivity contribution in [3.63, 3.8) is 0 Å². The first kappa shape index (κ1) is 16.4. The van der Waals surface area contributed by atoms with Crippen molar-refractivity contribution in [3.05, 3.63) is 79.1 Å². The number of nitrogens with two attached hydrogens (primary N) is 1. The molecule has 4 rings (SSSR count). The van der Waals surface area contributed by atoms with E-state index in [9.17, 15) is 8.42 Å². The number of sulfonamides is 1. The zero-order valence-electron chi connectivity index (χ0n) is 13.7. The Morgan fingerprint density at radius 2 is 1.46 bits per heavy atom. The van der Waals surface area contributed by atoms with Gasteiger partial charge in [-0.3, -0.25) is 4.98 Å². The number of nitrogens with zero attached hydrogens (tertiary/aromatic N) is 2. The molecular formula is C20H15N3O2S. The van der Waals surface area contributed by atoms with Crippen LogP contribution in [0.2, 0.25) is 0 Å². The molecule has 26 heavy (non-hydrogen) atoms. The Morgan fingerprint density at radius 3 is 2.23 bits per heavy atom. The molecule has 6 heteroatoms. The summed E-state index contributed by atoms with van der Waals surface area (Å²) in [6, 6.07) is 21.0. The minimum atomic E-state index is -3.97. The average Bonchev–Trinajstić information content (AvgIpc) is 2.67. The Kier molecular flexibility index (Phi) is 3.99. The van der Waals surface area contributed by atoms with Crippen molar-refractivity contribution in [2.45, 2.75) is 5.03 Å². The number of aromatic nitrogens is 2. The van der Waals surface area contributed by atoms with Crippen LogP contribution in [-0.2, 0) is 10.0 Å². The molecule has 2 aromatic carbocycles. The van der Waals surface area contributed by atoms with Crippen molar-refractivity contribution >= 4 is 20.9 Å². The van der Waals surface area contributed by atoms with Crippen molar-refractivity contribution in [3.8, 4) is 22.3 Å². The van der Waals surface area contributed by atoms with Gasteiger partial charge in [0.1, 0.15) is 0 Å². The number of hydrogen-bond acceptors (Lipinski definition) is 4.